The van der Waals surface area contributed by atoms with E-state index >= 15 is 0 Å². The zero-order valence-electron chi connectivity index (χ0n) is 11.2. The molecule has 0 saturated carbocycles. The number of nitrogens with two attached hydrogens (primary N) is 1. The predicted octanol–water partition coefficient (Wildman–Crippen LogP) is 4.14. The van der Waals surface area contributed by atoms with E-state index < -0.39 is 0 Å². The van der Waals surface area contributed by atoms with Gasteiger partial charge in [0.05, 0.1) is 0 Å². The van der Waals surface area contributed by atoms with Gasteiger partial charge < -0.3 is 11.1 Å². The van der Waals surface area contributed by atoms with E-state index in [9.17, 15) is 4.79 Å². The fourth-order valence-electron chi connectivity index (χ4n) is 2.06. The molecule has 3 aromatic rings. The molecule has 0 unspecified atom stereocenters. The van der Waals surface area contributed by atoms with Gasteiger partial charge in [0.15, 0.2) is 0 Å². The lowest BCUT2D eigenvalue weighted by Gasteiger charge is -2.02. The molecule has 0 fully saturated rings. The minimum atomic E-state index is -0.160. The molecule has 3 rings (SSSR count). The SMILES string of the molecule is Nc1cccc(/C=C/C(=O)Nc2ccc3sccc3c2)c1. The first-order chi connectivity index (χ1) is 10.2. The van der Waals surface area contributed by atoms with E-state index in [0.29, 0.717) is 5.69 Å². The highest BCUT2D eigenvalue weighted by Gasteiger charge is 2.00. The van der Waals surface area contributed by atoms with Crippen molar-refractivity contribution in [1.29, 1.82) is 0 Å². The molecule has 0 spiro atoms. The van der Waals surface area contributed by atoms with E-state index in [2.05, 4.69) is 5.32 Å². The summed E-state index contributed by atoms with van der Waals surface area (Å²) in [5.74, 6) is -0.160. The molecule has 0 radical (unpaired) electrons. The summed E-state index contributed by atoms with van der Waals surface area (Å²) in [5.41, 5.74) is 8.07. The summed E-state index contributed by atoms with van der Waals surface area (Å²) in [4.78, 5) is 11.9. The van der Waals surface area contributed by atoms with Gasteiger partial charge in [0.1, 0.15) is 0 Å². The molecule has 1 heterocycles. The Morgan fingerprint density at radius 3 is 2.90 bits per heavy atom. The van der Waals surface area contributed by atoms with Crippen LogP contribution in [0, 0.1) is 0 Å². The number of nitrogen functional groups attached to an aromatic ring is 1. The van der Waals surface area contributed by atoms with E-state index in [1.165, 1.54) is 10.8 Å². The maximum atomic E-state index is 11.9. The summed E-state index contributed by atoms with van der Waals surface area (Å²) in [6.07, 6.45) is 3.25. The third kappa shape index (κ3) is 3.30. The number of hydrogen-bond donors (Lipinski definition) is 2. The number of carbonyl (C=O) groups is 1. The van der Waals surface area contributed by atoms with Crippen LogP contribution in [-0.4, -0.2) is 5.91 Å². The average Bonchev–Trinajstić information content (AvgIpc) is 2.93. The van der Waals surface area contributed by atoms with Gasteiger partial charge in [0.25, 0.3) is 0 Å². The molecule has 0 aliphatic heterocycles. The molecule has 0 bridgehead atoms. The van der Waals surface area contributed by atoms with Crippen molar-refractivity contribution in [2.24, 2.45) is 0 Å². The molecular weight excluding hydrogens is 280 g/mol. The van der Waals surface area contributed by atoms with Crippen LogP contribution >= 0.6 is 11.3 Å². The first kappa shape index (κ1) is 13.4. The number of hydrogen-bond acceptors (Lipinski definition) is 3. The molecule has 3 N–H and O–H groups in total. The maximum Gasteiger partial charge on any atom is 0.248 e. The Morgan fingerprint density at radius 1 is 1.14 bits per heavy atom. The first-order valence-electron chi connectivity index (χ1n) is 6.52. The molecule has 3 nitrogen and oxygen atoms in total. The summed E-state index contributed by atoms with van der Waals surface area (Å²) in [6.45, 7) is 0. The number of thiophene rings is 1. The summed E-state index contributed by atoms with van der Waals surface area (Å²) < 4.78 is 1.21. The van der Waals surface area contributed by atoms with Gasteiger partial charge in [-0.15, -0.1) is 11.3 Å². The molecule has 1 aromatic heterocycles. The number of benzene rings is 2. The Labute approximate surface area is 126 Å². The van der Waals surface area contributed by atoms with Crippen molar-refractivity contribution in [2.75, 3.05) is 11.1 Å². The molecule has 0 aliphatic carbocycles. The maximum absolute atomic E-state index is 11.9. The molecule has 0 atom stereocenters. The number of fused-ring (bicyclic) bond motifs is 1. The van der Waals surface area contributed by atoms with Crippen molar-refractivity contribution in [3.63, 3.8) is 0 Å². The highest BCUT2D eigenvalue weighted by atomic mass is 32.1. The molecule has 0 saturated heterocycles. The van der Waals surface area contributed by atoms with Crippen LogP contribution in [0.1, 0.15) is 5.56 Å². The lowest BCUT2D eigenvalue weighted by atomic mass is 10.2. The van der Waals surface area contributed by atoms with Crippen LogP contribution < -0.4 is 11.1 Å². The molecule has 4 heteroatoms. The minimum absolute atomic E-state index is 0.160. The molecular formula is C17H14N2OS. The van der Waals surface area contributed by atoms with Crippen molar-refractivity contribution >= 4 is 44.8 Å². The lowest BCUT2D eigenvalue weighted by molar-refractivity contribution is -0.111. The largest absolute Gasteiger partial charge is 0.399 e. The number of rotatable bonds is 3. The second-order valence-corrected chi connectivity index (χ2v) is 5.61. The van der Waals surface area contributed by atoms with E-state index in [1.807, 2.05) is 53.9 Å². The van der Waals surface area contributed by atoms with Crippen LogP contribution in [0.3, 0.4) is 0 Å². The van der Waals surface area contributed by atoms with Gasteiger partial charge in [-0.05, 0) is 58.8 Å². The highest BCUT2D eigenvalue weighted by molar-refractivity contribution is 7.17. The summed E-state index contributed by atoms with van der Waals surface area (Å²) in [5, 5.41) is 6.03. The van der Waals surface area contributed by atoms with E-state index in [4.69, 9.17) is 5.73 Å². The van der Waals surface area contributed by atoms with Crippen molar-refractivity contribution in [3.8, 4) is 0 Å². The fraction of sp³-hybridized carbons (Fsp3) is 0. The predicted molar refractivity (Wildman–Crippen MR) is 90.3 cm³/mol. The smallest absolute Gasteiger partial charge is 0.248 e. The van der Waals surface area contributed by atoms with Gasteiger partial charge in [0.2, 0.25) is 5.91 Å². The van der Waals surface area contributed by atoms with Gasteiger partial charge in [0, 0.05) is 22.2 Å². The van der Waals surface area contributed by atoms with Gasteiger partial charge in [-0.1, -0.05) is 12.1 Å². The normalized spacial score (nSPS) is 11.0. The zero-order valence-corrected chi connectivity index (χ0v) is 12.1. The lowest BCUT2D eigenvalue weighted by Crippen LogP contribution is -2.07. The quantitative estimate of drug-likeness (QED) is 0.563. The summed E-state index contributed by atoms with van der Waals surface area (Å²) in [6, 6.07) is 15.3. The average molecular weight is 294 g/mol. The Morgan fingerprint density at radius 2 is 2.05 bits per heavy atom. The van der Waals surface area contributed by atoms with E-state index in [1.54, 1.807) is 17.4 Å². The van der Waals surface area contributed by atoms with Crippen molar-refractivity contribution in [2.45, 2.75) is 0 Å². The van der Waals surface area contributed by atoms with Crippen LogP contribution in [-0.2, 0) is 4.79 Å². The van der Waals surface area contributed by atoms with Crippen LogP contribution in [0.2, 0.25) is 0 Å². The van der Waals surface area contributed by atoms with Gasteiger partial charge >= 0.3 is 0 Å². The first-order valence-corrected chi connectivity index (χ1v) is 7.40. The van der Waals surface area contributed by atoms with Gasteiger partial charge in [-0.2, -0.15) is 0 Å². The van der Waals surface area contributed by atoms with Crippen LogP contribution in [0.5, 0.6) is 0 Å². The topological polar surface area (TPSA) is 55.1 Å². The van der Waals surface area contributed by atoms with E-state index in [0.717, 1.165) is 16.6 Å². The monoisotopic (exact) mass is 294 g/mol. The second-order valence-electron chi connectivity index (χ2n) is 4.67. The van der Waals surface area contributed by atoms with Gasteiger partial charge in [-0.25, -0.2) is 0 Å². The molecule has 1 amide bonds. The van der Waals surface area contributed by atoms with Crippen LogP contribution in [0.15, 0.2) is 60.0 Å². The fourth-order valence-corrected chi connectivity index (χ4v) is 2.83. The molecule has 0 aliphatic rings. The third-order valence-electron chi connectivity index (χ3n) is 3.06. The molecule has 21 heavy (non-hydrogen) atoms. The number of amides is 1. The Hall–Kier alpha value is -2.59. The van der Waals surface area contributed by atoms with Crippen molar-refractivity contribution in [1.82, 2.24) is 0 Å². The van der Waals surface area contributed by atoms with E-state index in [-0.39, 0.29) is 5.91 Å². The van der Waals surface area contributed by atoms with Crippen molar-refractivity contribution in [3.05, 3.63) is 65.6 Å². The van der Waals surface area contributed by atoms with Crippen molar-refractivity contribution < 1.29 is 4.79 Å². The molecule has 2 aromatic carbocycles. The summed E-state index contributed by atoms with van der Waals surface area (Å²) in [7, 11) is 0. The summed E-state index contributed by atoms with van der Waals surface area (Å²) >= 11 is 1.69. The highest BCUT2D eigenvalue weighted by Crippen LogP contribution is 2.24. The van der Waals surface area contributed by atoms with Crippen LogP contribution in [0.4, 0.5) is 11.4 Å². The Bertz CT molecular complexity index is 820. The molecule has 104 valence electrons. The zero-order chi connectivity index (χ0) is 14.7. The third-order valence-corrected chi connectivity index (χ3v) is 3.96. The number of anilines is 2. The number of nitrogens with one attached hydrogen (secondary N) is 1. The van der Waals surface area contributed by atoms with Gasteiger partial charge in [-0.3, -0.25) is 4.79 Å². The Balaban J connectivity index is 1.71. The van der Waals surface area contributed by atoms with Crippen LogP contribution in [0.25, 0.3) is 16.2 Å². The number of carbonyl (C=O) groups excluding carboxylic acids is 1. The second kappa shape index (κ2) is 5.81. The standard InChI is InChI=1S/C17H14N2OS/c18-14-3-1-2-12(10-14)4-7-17(20)19-15-5-6-16-13(11-15)8-9-21-16/h1-11H,18H2,(H,19,20)/b7-4+. The Kier molecular flexibility index (Phi) is 3.71. The minimum Gasteiger partial charge on any atom is -0.399 e.